The first-order chi connectivity index (χ1) is 13.6. The molecule has 4 heterocycles. The van der Waals surface area contributed by atoms with Gasteiger partial charge in [-0.3, -0.25) is 0 Å². The molecule has 0 aliphatic carbocycles. The zero-order chi connectivity index (χ0) is 19.4. The molecule has 0 saturated carbocycles. The molecule has 2 saturated heterocycles. The molecular formula is C16H21N5O4S3. The van der Waals surface area contributed by atoms with Crippen LogP contribution in [0, 0.1) is 0 Å². The summed E-state index contributed by atoms with van der Waals surface area (Å²) < 4.78 is 38.2. The van der Waals surface area contributed by atoms with E-state index in [-0.39, 0.29) is 11.0 Å². The Balaban J connectivity index is 1.35. The van der Waals surface area contributed by atoms with Gasteiger partial charge in [0.05, 0.1) is 19.3 Å². The van der Waals surface area contributed by atoms with Crippen molar-refractivity contribution in [3.63, 3.8) is 0 Å². The van der Waals surface area contributed by atoms with Crippen LogP contribution in [0.1, 0.15) is 12.8 Å². The van der Waals surface area contributed by atoms with Crippen molar-refractivity contribution in [2.45, 2.75) is 33.2 Å². The van der Waals surface area contributed by atoms with Crippen LogP contribution in [-0.4, -0.2) is 73.5 Å². The van der Waals surface area contributed by atoms with E-state index in [1.165, 1.54) is 33.6 Å². The molecule has 2 fully saturated rings. The van der Waals surface area contributed by atoms with Gasteiger partial charge in [-0.15, -0.1) is 10.2 Å². The molecule has 12 heteroatoms. The molecule has 28 heavy (non-hydrogen) atoms. The zero-order valence-electron chi connectivity index (χ0n) is 15.1. The molecule has 1 N–H and O–H groups in total. The van der Waals surface area contributed by atoms with Gasteiger partial charge in [-0.05, 0) is 36.7 Å². The standard InChI is InChI=1S/C16H21N5O4S3/c22-28(23,21-5-8-24-9-6-21)13-3-4-14(17-11-13)26-16-20-19-15(27-16)18-10-12-2-1-7-25-12/h3-4,11-12H,1-2,5-10H2,(H,18,19). The maximum atomic E-state index is 12.6. The van der Waals surface area contributed by atoms with Crippen LogP contribution in [0.3, 0.4) is 0 Å². The minimum Gasteiger partial charge on any atom is -0.379 e. The summed E-state index contributed by atoms with van der Waals surface area (Å²) in [5, 5.41) is 12.9. The number of ether oxygens (including phenoxy) is 2. The number of morpholine rings is 1. The minimum atomic E-state index is -3.53. The Kier molecular flexibility index (Phi) is 6.43. The highest BCUT2D eigenvalue weighted by molar-refractivity contribution is 8.01. The normalized spacial score (nSPS) is 21.1. The molecule has 1 atom stereocenters. The molecule has 152 valence electrons. The van der Waals surface area contributed by atoms with Crippen molar-refractivity contribution in [3.8, 4) is 0 Å². The smallest absolute Gasteiger partial charge is 0.244 e. The lowest BCUT2D eigenvalue weighted by atomic mass is 10.2. The number of hydrogen-bond acceptors (Lipinski definition) is 10. The van der Waals surface area contributed by atoms with Crippen LogP contribution in [0.4, 0.5) is 5.13 Å². The summed E-state index contributed by atoms with van der Waals surface area (Å²) in [4.78, 5) is 4.47. The first-order valence-corrected chi connectivity index (χ1v) is 12.1. The Morgan fingerprint density at radius 2 is 2.11 bits per heavy atom. The molecule has 2 aromatic heterocycles. The van der Waals surface area contributed by atoms with Gasteiger partial charge in [0.15, 0.2) is 4.34 Å². The Labute approximate surface area is 171 Å². The van der Waals surface area contributed by atoms with Gasteiger partial charge in [0.1, 0.15) is 9.92 Å². The van der Waals surface area contributed by atoms with Gasteiger partial charge in [0.25, 0.3) is 0 Å². The third-order valence-electron chi connectivity index (χ3n) is 4.42. The number of nitrogens with zero attached hydrogens (tertiary/aromatic N) is 4. The van der Waals surface area contributed by atoms with Crippen molar-refractivity contribution in [1.82, 2.24) is 19.5 Å². The van der Waals surface area contributed by atoms with Crippen LogP contribution in [0.5, 0.6) is 0 Å². The van der Waals surface area contributed by atoms with Crippen LogP contribution < -0.4 is 5.32 Å². The Bertz CT molecular complexity index is 878. The summed E-state index contributed by atoms with van der Waals surface area (Å²) >= 11 is 2.79. The van der Waals surface area contributed by atoms with E-state index in [2.05, 4.69) is 20.5 Å². The van der Waals surface area contributed by atoms with Crippen LogP contribution in [-0.2, 0) is 19.5 Å². The summed E-state index contributed by atoms with van der Waals surface area (Å²) in [6.45, 7) is 3.12. The number of hydrogen-bond donors (Lipinski definition) is 1. The van der Waals surface area contributed by atoms with Gasteiger partial charge >= 0.3 is 0 Å². The van der Waals surface area contributed by atoms with Gasteiger partial charge in [-0.2, -0.15) is 4.31 Å². The highest BCUT2D eigenvalue weighted by Crippen LogP contribution is 2.31. The molecule has 1 unspecified atom stereocenters. The first-order valence-electron chi connectivity index (χ1n) is 9.02. The fraction of sp³-hybridized carbons (Fsp3) is 0.562. The fourth-order valence-electron chi connectivity index (χ4n) is 2.93. The lowest BCUT2D eigenvalue weighted by Crippen LogP contribution is -2.40. The monoisotopic (exact) mass is 443 g/mol. The van der Waals surface area contributed by atoms with Gasteiger partial charge in [0, 0.05) is 32.4 Å². The van der Waals surface area contributed by atoms with Gasteiger partial charge < -0.3 is 14.8 Å². The quantitative estimate of drug-likeness (QED) is 0.684. The number of pyridine rings is 1. The minimum absolute atomic E-state index is 0.190. The number of rotatable bonds is 7. The lowest BCUT2D eigenvalue weighted by molar-refractivity contribution is 0.0730. The second-order valence-corrected chi connectivity index (χ2v) is 10.5. The van der Waals surface area contributed by atoms with E-state index in [1.54, 1.807) is 12.1 Å². The van der Waals surface area contributed by atoms with Crippen molar-refractivity contribution in [3.05, 3.63) is 18.3 Å². The zero-order valence-corrected chi connectivity index (χ0v) is 17.6. The highest BCUT2D eigenvalue weighted by atomic mass is 32.2. The Morgan fingerprint density at radius 1 is 1.25 bits per heavy atom. The third kappa shape index (κ3) is 4.81. The molecule has 0 bridgehead atoms. The number of sulfonamides is 1. The predicted octanol–water partition coefficient (Wildman–Crippen LogP) is 1.70. The van der Waals surface area contributed by atoms with E-state index >= 15 is 0 Å². The van der Waals surface area contributed by atoms with Crippen molar-refractivity contribution in [2.75, 3.05) is 44.8 Å². The molecule has 0 radical (unpaired) electrons. The van der Waals surface area contributed by atoms with Crippen molar-refractivity contribution in [1.29, 1.82) is 0 Å². The molecular weight excluding hydrogens is 422 g/mol. The predicted molar refractivity (Wildman–Crippen MR) is 105 cm³/mol. The third-order valence-corrected chi connectivity index (χ3v) is 8.19. The molecule has 2 aliphatic heterocycles. The number of aromatic nitrogens is 3. The summed E-state index contributed by atoms with van der Waals surface area (Å²) in [7, 11) is -3.53. The van der Waals surface area contributed by atoms with Gasteiger partial charge in [-0.25, -0.2) is 13.4 Å². The largest absolute Gasteiger partial charge is 0.379 e. The molecule has 2 aliphatic rings. The van der Waals surface area contributed by atoms with Crippen molar-refractivity contribution >= 4 is 38.3 Å². The van der Waals surface area contributed by atoms with Crippen LogP contribution in [0.25, 0.3) is 0 Å². The Hall–Kier alpha value is -1.31. The fourth-order valence-corrected chi connectivity index (χ4v) is 5.93. The maximum absolute atomic E-state index is 12.6. The second kappa shape index (κ2) is 9.01. The first kappa shape index (κ1) is 20.0. The number of anilines is 1. The maximum Gasteiger partial charge on any atom is 0.244 e. The summed E-state index contributed by atoms with van der Waals surface area (Å²) in [6.07, 6.45) is 3.80. The SMILES string of the molecule is O=S(=O)(c1ccc(Sc2nnc(NCC3CCCO3)s2)nc1)N1CCOCC1. The molecule has 2 aromatic rings. The molecule has 4 rings (SSSR count). The molecule has 0 spiro atoms. The van der Waals surface area contributed by atoms with Crippen molar-refractivity contribution < 1.29 is 17.9 Å². The lowest BCUT2D eigenvalue weighted by Gasteiger charge is -2.25. The number of nitrogens with one attached hydrogen (secondary N) is 1. The highest BCUT2D eigenvalue weighted by Gasteiger charge is 2.26. The molecule has 9 nitrogen and oxygen atoms in total. The topological polar surface area (TPSA) is 107 Å². The van der Waals surface area contributed by atoms with E-state index in [1.807, 2.05) is 0 Å². The second-order valence-electron chi connectivity index (χ2n) is 6.34. The van der Waals surface area contributed by atoms with E-state index in [0.29, 0.717) is 31.3 Å². The molecule has 0 aromatic carbocycles. The van der Waals surface area contributed by atoms with E-state index in [4.69, 9.17) is 9.47 Å². The summed E-state index contributed by atoms with van der Waals surface area (Å²) in [5.41, 5.74) is 0. The van der Waals surface area contributed by atoms with Crippen molar-refractivity contribution in [2.24, 2.45) is 0 Å². The van der Waals surface area contributed by atoms with Crippen LogP contribution >= 0.6 is 23.1 Å². The summed E-state index contributed by atoms with van der Waals surface area (Å²) in [5.74, 6) is 0. The van der Waals surface area contributed by atoms with E-state index in [9.17, 15) is 8.42 Å². The summed E-state index contributed by atoms with van der Waals surface area (Å²) in [6, 6.07) is 3.27. The average molecular weight is 444 g/mol. The van der Waals surface area contributed by atoms with E-state index in [0.717, 1.165) is 35.5 Å². The van der Waals surface area contributed by atoms with Crippen LogP contribution in [0.15, 0.2) is 32.6 Å². The van der Waals surface area contributed by atoms with E-state index < -0.39 is 10.0 Å². The Morgan fingerprint density at radius 3 is 2.82 bits per heavy atom. The average Bonchev–Trinajstić information content (AvgIpc) is 3.39. The van der Waals surface area contributed by atoms with Crippen LogP contribution in [0.2, 0.25) is 0 Å². The van der Waals surface area contributed by atoms with Gasteiger partial charge in [0.2, 0.25) is 15.2 Å². The molecule has 0 amide bonds. The van der Waals surface area contributed by atoms with Gasteiger partial charge in [-0.1, -0.05) is 11.3 Å².